The molecule has 0 aliphatic heterocycles. The van der Waals surface area contributed by atoms with Crippen LogP contribution in [0.3, 0.4) is 0 Å². The van der Waals surface area contributed by atoms with E-state index in [-0.39, 0.29) is 28.9 Å². The van der Waals surface area contributed by atoms with E-state index in [1.54, 1.807) is 36.1 Å². The molecule has 140 valence electrons. The third-order valence-corrected chi connectivity index (χ3v) is 4.29. The van der Waals surface area contributed by atoms with E-state index < -0.39 is 4.92 Å². The predicted molar refractivity (Wildman–Crippen MR) is 101 cm³/mol. The molecule has 27 heavy (non-hydrogen) atoms. The molecule has 0 spiro atoms. The normalized spacial score (nSPS) is 11.3. The summed E-state index contributed by atoms with van der Waals surface area (Å²) in [4.78, 5) is 25.3. The van der Waals surface area contributed by atoms with Crippen LogP contribution in [0.4, 0.5) is 5.69 Å². The topological polar surface area (TPSA) is 96.5 Å². The lowest BCUT2D eigenvalue weighted by molar-refractivity contribution is -0.385. The molecule has 7 heteroatoms. The number of carbonyl (C=O) groups is 1. The largest absolute Gasteiger partial charge is 0.487 e. The number of amides is 1. The fourth-order valence-electron chi connectivity index (χ4n) is 2.85. The highest BCUT2D eigenvalue weighted by Crippen LogP contribution is 2.30. The minimum Gasteiger partial charge on any atom is -0.487 e. The minimum atomic E-state index is -0.553. The fraction of sp³-hybridized carbons (Fsp3) is 0.300. The molecule has 0 aliphatic rings. The maximum atomic E-state index is 13.0. The van der Waals surface area contributed by atoms with Crippen LogP contribution in [0.1, 0.15) is 48.3 Å². The summed E-state index contributed by atoms with van der Waals surface area (Å²) in [6.07, 6.45) is 0. The first-order valence-corrected chi connectivity index (χ1v) is 8.65. The van der Waals surface area contributed by atoms with Gasteiger partial charge in [0, 0.05) is 18.2 Å². The van der Waals surface area contributed by atoms with Gasteiger partial charge in [0.15, 0.2) is 5.75 Å². The van der Waals surface area contributed by atoms with Crippen molar-refractivity contribution in [3.63, 3.8) is 0 Å². The molecular formula is C20H21N3O4. The summed E-state index contributed by atoms with van der Waals surface area (Å²) in [5, 5.41) is 20.2. The lowest BCUT2D eigenvalue weighted by Crippen LogP contribution is -2.33. The zero-order valence-electron chi connectivity index (χ0n) is 15.5. The molecule has 1 unspecified atom stereocenters. The second-order valence-corrected chi connectivity index (χ2v) is 5.87. The maximum Gasteiger partial charge on any atom is 0.311 e. The van der Waals surface area contributed by atoms with E-state index in [4.69, 9.17) is 10.00 Å². The second kappa shape index (κ2) is 8.81. The molecule has 0 bridgehead atoms. The van der Waals surface area contributed by atoms with Crippen molar-refractivity contribution in [1.82, 2.24) is 4.90 Å². The summed E-state index contributed by atoms with van der Waals surface area (Å²) in [5.41, 5.74) is 1.42. The van der Waals surface area contributed by atoms with E-state index in [0.29, 0.717) is 18.7 Å². The number of rotatable bonds is 7. The van der Waals surface area contributed by atoms with Gasteiger partial charge < -0.3 is 9.64 Å². The molecule has 0 aliphatic carbocycles. The van der Waals surface area contributed by atoms with E-state index in [1.165, 1.54) is 18.2 Å². The third-order valence-electron chi connectivity index (χ3n) is 4.29. The standard InChI is InChI=1S/C20H21N3O4/c1-4-22(14(3)16-8-6-15(13-21)7-9-16)20(24)17-10-11-19(27-5-2)18(12-17)23(25)26/h6-12,14H,4-5H2,1-3H3. The summed E-state index contributed by atoms with van der Waals surface area (Å²) in [7, 11) is 0. The van der Waals surface area contributed by atoms with Gasteiger partial charge in [0.25, 0.3) is 5.91 Å². The highest BCUT2D eigenvalue weighted by atomic mass is 16.6. The van der Waals surface area contributed by atoms with Gasteiger partial charge in [-0.05, 0) is 50.6 Å². The average Bonchev–Trinajstić information content (AvgIpc) is 2.68. The Labute approximate surface area is 157 Å². The summed E-state index contributed by atoms with van der Waals surface area (Å²) >= 11 is 0. The van der Waals surface area contributed by atoms with Gasteiger partial charge in [-0.1, -0.05) is 12.1 Å². The molecule has 1 amide bonds. The number of benzene rings is 2. The van der Waals surface area contributed by atoms with Crippen molar-refractivity contribution in [3.8, 4) is 11.8 Å². The molecule has 2 aromatic carbocycles. The quantitative estimate of drug-likeness (QED) is 0.542. The van der Waals surface area contributed by atoms with Crippen LogP contribution in [0.15, 0.2) is 42.5 Å². The van der Waals surface area contributed by atoms with Crippen LogP contribution in [0.5, 0.6) is 5.75 Å². The fourth-order valence-corrected chi connectivity index (χ4v) is 2.85. The number of nitro groups is 1. The molecule has 7 nitrogen and oxygen atoms in total. The molecule has 0 heterocycles. The Morgan fingerprint density at radius 2 is 1.93 bits per heavy atom. The molecule has 0 radical (unpaired) electrons. The molecule has 0 saturated heterocycles. The zero-order valence-corrected chi connectivity index (χ0v) is 15.5. The van der Waals surface area contributed by atoms with Crippen LogP contribution in [0, 0.1) is 21.4 Å². The van der Waals surface area contributed by atoms with Crippen molar-refractivity contribution >= 4 is 11.6 Å². The summed E-state index contributed by atoms with van der Waals surface area (Å²) < 4.78 is 5.27. The molecule has 0 aromatic heterocycles. The van der Waals surface area contributed by atoms with Crippen molar-refractivity contribution in [3.05, 3.63) is 69.3 Å². The minimum absolute atomic E-state index is 0.141. The van der Waals surface area contributed by atoms with Crippen molar-refractivity contribution in [2.45, 2.75) is 26.8 Å². The number of hydrogen-bond acceptors (Lipinski definition) is 5. The van der Waals surface area contributed by atoms with Crippen molar-refractivity contribution in [2.75, 3.05) is 13.2 Å². The molecular weight excluding hydrogens is 346 g/mol. The Bertz CT molecular complexity index is 872. The van der Waals surface area contributed by atoms with Crippen LogP contribution >= 0.6 is 0 Å². The predicted octanol–water partition coefficient (Wildman–Crippen LogP) is 4.09. The highest BCUT2D eigenvalue weighted by molar-refractivity contribution is 5.95. The van der Waals surface area contributed by atoms with Crippen molar-refractivity contribution in [1.29, 1.82) is 5.26 Å². The van der Waals surface area contributed by atoms with Crippen molar-refractivity contribution < 1.29 is 14.5 Å². The third kappa shape index (κ3) is 4.42. The number of nitriles is 1. The van der Waals surface area contributed by atoms with Gasteiger partial charge in [-0.3, -0.25) is 14.9 Å². The smallest absolute Gasteiger partial charge is 0.311 e. The van der Waals surface area contributed by atoms with Crippen LogP contribution in [0.25, 0.3) is 0 Å². The number of carbonyl (C=O) groups excluding carboxylic acids is 1. The Kier molecular flexibility index (Phi) is 6.50. The van der Waals surface area contributed by atoms with Crippen LogP contribution in [-0.2, 0) is 0 Å². The van der Waals surface area contributed by atoms with Crippen LogP contribution in [-0.4, -0.2) is 28.9 Å². The summed E-state index contributed by atoms with van der Waals surface area (Å²) in [5.74, 6) is -0.164. The first-order chi connectivity index (χ1) is 12.9. The number of hydrogen-bond donors (Lipinski definition) is 0. The Balaban J connectivity index is 2.33. The molecule has 2 aromatic rings. The summed E-state index contributed by atoms with van der Waals surface area (Å²) in [6, 6.07) is 13.1. The van der Waals surface area contributed by atoms with E-state index in [9.17, 15) is 14.9 Å². The number of nitrogens with zero attached hydrogens (tertiary/aromatic N) is 3. The van der Waals surface area contributed by atoms with E-state index in [0.717, 1.165) is 5.56 Å². The number of nitro benzene ring substituents is 1. The van der Waals surface area contributed by atoms with Crippen LogP contribution in [0.2, 0.25) is 0 Å². The molecule has 2 rings (SSSR count). The Morgan fingerprint density at radius 3 is 2.44 bits per heavy atom. The van der Waals surface area contributed by atoms with Crippen molar-refractivity contribution in [2.24, 2.45) is 0 Å². The van der Waals surface area contributed by atoms with Gasteiger partial charge in [-0.15, -0.1) is 0 Å². The van der Waals surface area contributed by atoms with Gasteiger partial charge in [0.2, 0.25) is 0 Å². The lowest BCUT2D eigenvalue weighted by atomic mass is 10.0. The first kappa shape index (κ1) is 19.9. The lowest BCUT2D eigenvalue weighted by Gasteiger charge is -2.28. The van der Waals surface area contributed by atoms with E-state index in [2.05, 4.69) is 6.07 Å². The van der Waals surface area contributed by atoms with E-state index >= 15 is 0 Å². The molecule has 1 atom stereocenters. The highest BCUT2D eigenvalue weighted by Gasteiger charge is 2.24. The second-order valence-electron chi connectivity index (χ2n) is 5.87. The zero-order chi connectivity index (χ0) is 20.0. The van der Waals surface area contributed by atoms with Gasteiger partial charge in [-0.25, -0.2) is 0 Å². The van der Waals surface area contributed by atoms with Gasteiger partial charge in [-0.2, -0.15) is 5.26 Å². The monoisotopic (exact) mass is 367 g/mol. The summed E-state index contributed by atoms with van der Waals surface area (Å²) in [6.45, 7) is 6.19. The molecule has 0 saturated carbocycles. The van der Waals surface area contributed by atoms with Gasteiger partial charge >= 0.3 is 5.69 Å². The average molecular weight is 367 g/mol. The molecule has 0 fully saturated rings. The number of ether oxygens (including phenoxy) is 1. The SMILES string of the molecule is CCOc1ccc(C(=O)N(CC)C(C)c2ccc(C#N)cc2)cc1[N+](=O)[O-]. The van der Waals surface area contributed by atoms with E-state index in [1.807, 2.05) is 13.8 Å². The van der Waals surface area contributed by atoms with Gasteiger partial charge in [0.1, 0.15) is 0 Å². The first-order valence-electron chi connectivity index (χ1n) is 8.65. The Hall–Kier alpha value is -3.40. The maximum absolute atomic E-state index is 13.0. The van der Waals surface area contributed by atoms with Crippen LogP contribution < -0.4 is 4.74 Å². The molecule has 0 N–H and O–H groups in total. The Morgan fingerprint density at radius 1 is 1.26 bits per heavy atom. The van der Waals surface area contributed by atoms with Gasteiger partial charge in [0.05, 0.1) is 29.2 Å².